The van der Waals surface area contributed by atoms with E-state index in [1.807, 2.05) is 0 Å². The molecule has 76 valence electrons. The first-order valence-corrected chi connectivity index (χ1v) is 4.18. The van der Waals surface area contributed by atoms with E-state index >= 15 is 0 Å². The molecule has 0 bridgehead atoms. The van der Waals surface area contributed by atoms with Crippen LogP contribution in [-0.4, -0.2) is 18.1 Å². The molecule has 0 spiro atoms. The van der Waals surface area contributed by atoms with Gasteiger partial charge in [0.2, 0.25) is 6.54 Å². The lowest BCUT2D eigenvalue weighted by Gasteiger charge is -2.03. The minimum absolute atomic E-state index is 0.130. The Kier molecular flexibility index (Phi) is 3.84. The summed E-state index contributed by atoms with van der Waals surface area (Å²) in [6.45, 7) is 0.0970. The zero-order valence-electron chi connectivity index (χ0n) is 7.48. The molecule has 14 heavy (non-hydrogen) atoms. The molecule has 1 rings (SSSR count). The van der Waals surface area contributed by atoms with Crippen LogP contribution in [0.4, 0.5) is 4.39 Å². The van der Waals surface area contributed by atoms with Gasteiger partial charge in [-0.25, -0.2) is 4.39 Å². The normalized spacial score (nSPS) is 9.79. The van der Waals surface area contributed by atoms with Crippen LogP contribution in [0.2, 0.25) is 0 Å². The molecular formula is C9H10FNO3. The van der Waals surface area contributed by atoms with E-state index in [9.17, 15) is 14.5 Å². The van der Waals surface area contributed by atoms with Crippen molar-refractivity contribution in [2.45, 2.75) is 6.42 Å². The zero-order valence-corrected chi connectivity index (χ0v) is 7.48. The van der Waals surface area contributed by atoms with Gasteiger partial charge in [0, 0.05) is 17.4 Å². The van der Waals surface area contributed by atoms with E-state index < -0.39 is 4.92 Å². The van der Waals surface area contributed by atoms with Crippen LogP contribution >= 0.6 is 0 Å². The summed E-state index contributed by atoms with van der Waals surface area (Å²) in [7, 11) is 0. The van der Waals surface area contributed by atoms with Crippen molar-refractivity contribution in [3.8, 4) is 5.75 Å². The average molecular weight is 199 g/mol. The highest BCUT2D eigenvalue weighted by Crippen LogP contribution is 2.11. The molecule has 0 aliphatic carbocycles. The van der Waals surface area contributed by atoms with Gasteiger partial charge in [0.1, 0.15) is 11.6 Å². The number of halogens is 1. The summed E-state index contributed by atoms with van der Waals surface area (Å²) in [5.74, 6) is 0.0186. The second-order valence-electron chi connectivity index (χ2n) is 2.72. The Hall–Kier alpha value is -1.65. The van der Waals surface area contributed by atoms with Crippen LogP contribution in [0.25, 0.3) is 0 Å². The lowest BCUT2D eigenvalue weighted by atomic mass is 10.3. The Labute approximate surface area is 80.5 Å². The molecule has 1 aromatic carbocycles. The van der Waals surface area contributed by atoms with Gasteiger partial charge in [-0.3, -0.25) is 10.1 Å². The molecule has 0 saturated heterocycles. The quantitative estimate of drug-likeness (QED) is 0.413. The molecule has 1 aromatic rings. The highest BCUT2D eigenvalue weighted by atomic mass is 19.1. The number of hydrogen-bond donors (Lipinski definition) is 0. The first-order valence-electron chi connectivity index (χ1n) is 4.18. The third-order valence-electron chi connectivity index (χ3n) is 1.55. The fourth-order valence-corrected chi connectivity index (χ4v) is 0.940. The van der Waals surface area contributed by atoms with Gasteiger partial charge in [-0.15, -0.1) is 0 Å². The van der Waals surface area contributed by atoms with Crippen molar-refractivity contribution >= 4 is 0 Å². The molecule has 0 saturated carbocycles. The third kappa shape index (κ3) is 3.84. The summed E-state index contributed by atoms with van der Waals surface area (Å²) >= 11 is 0. The Morgan fingerprint density at radius 3 is 2.93 bits per heavy atom. The van der Waals surface area contributed by atoms with E-state index in [0.717, 1.165) is 0 Å². The summed E-state index contributed by atoms with van der Waals surface area (Å²) in [5, 5.41) is 9.95. The van der Waals surface area contributed by atoms with Gasteiger partial charge in [-0.1, -0.05) is 6.07 Å². The van der Waals surface area contributed by atoms with Crippen molar-refractivity contribution < 1.29 is 14.1 Å². The molecule has 0 N–H and O–H groups in total. The van der Waals surface area contributed by atoms with E-state index in [1.165, 1.54) is 18.2 Å². The average Bonchev–Trinajstić information content (AvgIpc) is 2.12. The highest BCUT2D eigenvalue weighted by molar-refractivity contribution is 5.22. The van der Waals surface area contributed by atoms with Gasteiger partial charge in [0.25, 0.3) is 0 Å². The van der Waals surface area contributed by atoms with Crippen molar-refractivity contribution in [1.82, 2.24) is 0 Å². The largest absolute Gasteiger partial charge is 0.493 e. The summed E-state index contributed by atoms with van der Waals surface area (Å²) in [6.07, 6.45) is 0.323. The van der Waals surface area contributed by atoms with Crippen molar-refractivity contribution in [3.63, 3.8) is 0 Å². The topological polar surface area (TPSA) is 52.4 Å². The monoisotopic (exact) mass is 199 g/mol. The second kappa shape index (κ2) is 5.16. The summed E-state index contributed by atoms with van der Waals surface area (Å²) in [4.78, 5) is 9.55. The first kappa shape index (κ1) is 10.4. The van der Waals surface area contributed by atoms with E-state index in [1.54, 1.807) is 6.07 Å². The molecule has 0 radical (unpaired) electrons. The van der Waals surface area contributed by atoms with Crippen molar-refractivity contribution in [2.75, 3.05) is 13.2 Å². The van der Waals surface area contributed by atoms with E-state index in [4.69, 9.17) is 4.74 Å². The van der Waals surface area contributed by atoms with Crippen molar-refractivity contribution in [3.05, 3.63) is 40.2 Å². The predicted molar refractivity (Wildman–Crippen MR) is 48.4 cm³/mol. The molecule has 0 amide bonds. The molecule has 5 heteroatoms. The number of nitrogens with zero attached hydrogens (tertiary/aromatic N) is 1. The van der Waals surface area contributed by atoms with Crippen LogP contribution in [0, 0.1) is 15.9 Å². The van der Waals surface area contributed by atoms with Gasteiger partial charge < -0.3 is 4.74 Å². The summed E-state index contributed by atoms with van der Waals surface area (Å²) in [6, 6.07) is 5.68. The highest BCUT2D eigenvalue weighted by Gasteiger charge is 1.99. The Morgan fingerprint density at radius 2 is 2.29 bits per heavy atom. The van der Waals surface area contributed by atoms with Crippen LogP contribution in [0.1, 0.15) is 6.42 Å². The van der Waals surface area contributed by atoms with Crippen molar-refractivity contribution in [1.29, 1.82) is 0 Å². The first-order chi connectivity index (χ1) is 6.68. The minimum atomic E-state index is -0.408. The maximum absolute atomic E-state index is 12.6. The second-order valence-corrected chi connectivity index (χ2v) is 2.72. The number of benzene rings is 1. The van der Waals surface area contributed by atoms with E-state index in [0.29, 0.717) is 12.2 Å². The Balaban J connectivity index is 2.28. The fraction of sp³-hybridized carbons (Fsp3) is 0.333. The SMILES string of the molecule is O=[N+]([O-])CCCOc1cccc(F)c1. The maximum atomic E-state index is 12.6. The van der Waals surface area contributed by atoms with Gasteiger partial charge in [0.05, 0.1) is 6.61 Å². The standard InChI is InChI=1S/C9H10FNO3/c10-8-3-1-4-9(7-8)14-6-2-5-11(12)13/h1,3-4,7H,2,5-6H2. The third-order valence-corrected chi connectivity index (χ3v) is 1.55. The molecule has 0 aromatic heterocycles. The maximum Gasteiger partial charge on any atom is 0.207 e. The van der Waals surface area contributed by atoms with Crippen LogP contribution in [0.15, 0.2) is 24.3 Å². The van der Waals surface area contributed by atoms with Crippen molar-refractivity contribution in [2.24, 2.45) is 0 Å². The van der Waals surface area contributed by atoms with Gasteiger partial charge in [0.15, 0.2) is 0 Å². The van der Waals surface area contributed by atoms with Crippen LogP contribution < -0.4 is 4.74 Å². The van der Waals surface area contributed by atoms with Crippen LogP contribution in [0.5, 0.6) is 5.75 Å². The number of rotatable bonds is 5. The molecular weight excluding hydrogens is 189 g/mol. The molecule has 0 atom stereocenters. The predicted octanol–water partition coefficient (Wildman–Crippen LogP) is 1.87. The lowest BCUT2D eigenvalue weighted by molar-refractivity contribution is -0.480. The van der Waals surface area contributed by atoms with Gasteiger partial charge in [-0.05, 0) is 12.1 Å². The fourth-order valence-electron chi connectivity index (χ4n) is 0.940. The molecule has 0 aliphatic rings. The van der Waals surface area contributed by atoms with Gasteiger partial charge in [-0.2, -0.15) is 0 Å². The summed E-state index contributed by atoms with van der Waals surface area (Å²) < 4.78 is 17.7. The molecule has 0 fully saturated rings. The Bertz CT molecular complexity index is 317. The smallest absolute Gasteiger partial charge is 0.207 e. The molecule has 0 heterocycles. The Morgan fingerprint density at radius 1 is 1.50 bits per heavy atom. The minimum Gasteiger partial charge on any atom is -0.493 e. The van der Waals surface area contributed by atoms with Gasteiger partial charge >= 0.3 is 0 Å². The lowest BCUT2D eigenvalue weighted by Crippen LogP contribution is -2.06. The number of ether oxygens (including phenoxy) is 1. The van der Waals surface area contributed by atoms with E-state index in [-0.39, 0.29) is 19.0 Å². The molecule has 0 aliphatic heterocycles. The zero-order chi connectivity index (χ0) is 10.4. The summed E-state index contributed by atoms with van der Waals surface area (Å²) in [5.41, 5.74) is 0. The number of hydrogen-bond acceptors (Lipinski definition) is 3. The van der Waals surface area contributed by atoms with Crippen LogP contribution in [-0.2, 0) is 0 Å². The van der Waals surface area contributed by atoms with E-state index in [2.05, 4.69) is 0 Å². The molecule has 4 nitrogen and oxygen atoms in total. The van der Waals surface area contributed by atoms with Crippen LogP contribution in [0.3, 0.4) is 0 Å². The molecule has 0 unspecified atom stereocenters. The number of nitro groups is 1.